The van der Waals surface area contributed by atoms with E-state index >= 15 is 0 Å². The molecule has 0 aromatic heterocycles. The van der Waals surface area contributed by atoms with Crippen molar-refractivity contribution in [3.8, 4) is 5.75 Å². The Labute approximate surface area is 168 Å². The van der Waals surface area contributed by atoms with E-state index in [9.17, 15) is 4.79 Å². The molecule has 1 heterocycles. The van der Waals surface area contributed by atoms with Crippen LogP contribution >= 0.6 is 0 Å². The molecule has 150 valence electrons. The second kappa shape index (κ2) is 10.3. The molecule has 0 aliphatic carbocycles. The molecule has 0 saturated carbocycles. The Bertz CT molecular complexity index is 732. The highest BCUT2D eigenvalue weighted by molar-refractivity contribution is 5.77. The third kappa shape index (κ3) is 6.10. The fraction of sp³-hybridized carbons (Fsp3) is 0.458. The van der Waals surface area contributed by atoms with Crippen molar-refractivity contribution in [3.05, 3.63) is 65.2 Å². The van der Waals surface area contributed by atoms with Crippen molar-refractivity contribution in [2.45, 2.75) is 45.6 Å². The predicted octanol–water partition coefficient (Wildman–Crippen LogP) is 4.42. The second-order valence-electron chi connectivity index (χ2n) is 7.78. The van der Waals surface area contributed by atoms with Crippen molar-refractivity contribution in [1.82, 2.24) is 10.2 Å². The summed E-state index contributed by atoms with van der Waals surface area (Å²) in [6.45, 7) is 6.98. The zero-order valence-electron chi connectivity index (χ0n) is 17.1. The minimum atomic E-state index is -0.0764. The van der Waals surface area contributed by atoms with Gasteiger partial charge in [0.05, 0.1) is 6.04 Å². The Morgan fingerprint density at radius 1 is 0.929 bits per heavy atom. The summed E-state index contributed by atoms with van der Waals surface area (Å²) in [6, 6.07) is 16.7. The number of rotatable bonds is 7. The van der Waals surface area contributed by atoms with Gasteiger partial charge in [-0.1, -0.05) is 60.4 Å². The molecule has 1 fully saturated rings. The summed E-state index contributed by atoms with van der Waals surface area (Å²) in [5.41, 5.74) is 3.70. The average Bonchev–Trinajstić information content (AvgIpc) is 2.98. The molecule has 1 unspecified atom stereocenters. The van der Waals surface area contributed by atoms with E-state index in [1.54, 1.807) is 0 Å². The lowest BCUT2D eigenvalue weighted by molar-refractivity contribution is -0.123. The third-order valence-corrected chi connectivity index (χ3v) is 5.43. The first-order valence-corrected chi connectivity index (χ1v) is 10.4. The number of carbonyl (C=O) groups excluding carboxylic acids is 1. The fourth-order valence-electron chi connectivity index (χ4n) is 3.70. The first-order valence-electron chi connectivity index (χ1n) is 10.4. The van der Waals surface area contributed by atoms with E-state index in [1.807, 2.05) is 31.2 Å². The zero-order chi connectivity index (χ0) is 19.8. The Balaban J connectivity index is 1.59. The normalized spacial score (nSPS) is 16.2. The maximum absolute atomic E-state index is 12.4. The van der Waals surface area contributed by atoms with Crippen molar-refractivity contribution in [2.75, 3.05) is 26.2 Å². The predicted molar refractivity (Wildman–Crippen MR) is 114 cm³/mol. The first kappa shape index (κ1) is 20.4. The molecular weight excluding hydrogens is 348 g/mol. The molecule has 1 amide bonds. The largest absolute Gasteiger partial charge is 0.484 e. The number of aryl methyl sites for hydroxylation is 2. The summed E-state index contributed by atoms with van der Waals surface area (Å²) in [5, 5.41) is 3.09. The Morgan fingerprint density at radius 3 is 2.11 bits per heavy atom. The Kier molecular flexibility index (Phi) is 7.49. The van der Waals surface area contributed by atoms with E-state index in [0.29, 0.717) is 6.54 Å². The molecule has 1 aliphatic rings. The molecule has 1 atom stereocenters. The molecule has 0 spiro atoms. The van der Waals surface area contributed by atoms with Gasteiger partial charge < -0.3 is 10.1 Å². The van der Waals surface area contributed by atoms with Gasteiger partial charge >= 0.3 is 0 Å². The summed E-state index contributed by atoms with van der Waals surface area (Å²) < 4.78 is 5.62. The van der Waals surface area contributed by atoms with Crippen LogP contribution in [0.25, 0.3) is 0 Å². The van der Waals surface area contributed by atoms with E-state index < -0.39 is 0 Å². The summed E-state index contributed by atoms with van der Waals surface area (Å²) in [7, 11) is 0. The number of nitrogens with zero attached hydrogens (tertiary/aromatic N) is 1. The number of amides is 1. The highest BCUT2D eigenvalue weighted by atomic mass is 16.5. The number of ether oxygens (including phenoxy) is 1. The molecule has 3 rings (SSSR count). The van der Waals surface area contributed by atoms with E-state index in [2.05, 4.69) is 41.4 Å². The van der Waals surface area contributed by atoms with Crippen molar-refractivity contribution in [1.29, 1.82) is 0 Å². The van der Waals surface area contributed by atoms with Crippen LogP contribution in [-0.2, 0) is 4.79 Å². The zero-order valence-corrected chi connectivity index (χ0v) is 17.1. The summed E-state index contributed by atoms with van der Waals surface area (Å²) in [4.78, 5) is 14.9. The number of nitrogens with one attached hydrogen (secondary N) is 1. The van der Waals surface area contributed by atoms with Gasteiger partial charge in [-0.3, -0.25) is 9.69 Å². The SMILES string of the molecule is Cc1ccc(OCC(=O)NCC(c2ccc(C)cc2)N2CCCCCC2)cc1. The summed E-state index contributed by atoms with van der Waals surface area (Å²) in [5.74, 6) is 0.649. The smallest absolute Gasteiger partial charge is 0.258 e. The van der Waals surface area contributed by atoms with Crippen LogP contribution in [0.1, 0.15) is 48.4 Å². The van der Waals surface area contributed by atoms with Crippen molar-refractivity contribution < 1.29 is 9.53 Å². The minimum Gasteiger partial charge on any atom is -0.484 e. The highest BCUT2D eigenvalue weighted by Crippen LogP contribution is 2.24. The minimum absolute atomic E-state index is 0.0453. The molecule has 4 heteroatoms. The van der Waals surface area contributed by atoms with Crippen molar-refractivity contribution in [2.24, 2.45) is 0 Å². The molecule has 28 heavy (non-hydrogen) atoms. The van der Waals surface area contributed by atoms with Gasteiger partial charge in [-0.15, -0.1) is 0 Å². The van der Waals surface area contributed by atoms with Crippen LogP contribution in [0.5, 0.6) is 5.75 Å². The lowest BCUT2D eigenvalue weighted by Gasteiger charge is -2.31. The van der Waals surface area contributed by atoms with Gasteiger partial charge in [0.15, 0.2) is 6.61 Å². The van der Waals surface area contributed by atoms with Crippen LogP contribution in [0.15, 0.2) is 48.5 Å². The van der Waals surface area contributed by atoms with Crippen LogP contribution in [0.2, 0.25) is 0 Å². The second-order valence-corrected chi connectivity index (χ2v) is 7.78. The highest BCUT2D eigenvalue weighted by Gasteiger charge is 2.22. The van der Waals surface area contributed by atoms with Gasteiger partial charge in [0.25, 0.3) is 5.91 Å². The molecule has 1 saturated heterocycles. The fourth-order valence-corrected chi connectivity index (χ4v) is 3.70. The van der Waals surface area contributed by atoms with Crippen LogP contribution in [0, 0.1) is 13.8 Å². The average molecular weight is 381 g/mol. The molecule has 2 aromatic rings. The molecule has 4 nitrogen and oxygen atoms in total. The molecule has 0 bridgehead atoms. The van der Waals surface area contributed by atoms with E-state index in [-0.39, 0.29) is 18.6 Å². The quantitative estimate of drug-likeness (QED) is 0.773. The monoisotopic (exact) mass is 380 g/mol. The number of hydrogen-bond donors (Lipinski definition) is 1. The van der Waals surface area contributed by atoms with Crippen LogP contribution in [0.4, 0.5) is 0 Å². The standard InChI is InChI=1S/C24H32N2O2/c1-19-7-11-21(12-8-19)23(26-15-5-3-4-6-16-26)17-25-24(27)18-28-22-13-9-20(2)10-14-22/h7-14,23H,3-6,15-18H2,1-2H3,(H,25,27). The lowest BCUT2D eigenvalue weighted by atomic mass is 10.0. The van der Waals surface area contributed by atoms with E-state index in [4.69, 9.17) is 4.74 Å². The number of likely N-dealkylation sites (tertiary alicyclic amines) is 1. The van der Waals surface area contributed by atoms with Gasteiger partial charge in [-0.25, -0.2) is 0 Å². The maximum Gasteiger partial charge on any atom is 0.258 e. The summed E-state index contributed by atoms with van der Waals surface area (Å²) in [6.07, 6.45) is 5.06. The van der Waals surface area contributed by atoms with Crippen LogP contribution < -0.4 is 10.1 Å². The van der Waals surface area contributed by atoms with Gasteiger partial charge in [0.1, 0.15) is 5.75 Å². The Hall–Kier alpha value is -2.33. The molecule has 2 aromatic carbocycles. The molecule has 1 N–H and O–H groups in total. The molecular formula is C24H32N2O2. The van der Waals surface area contributed by atoms with Crippen LogP contribution in [0.3, 0.4) is 0 Å². The number of carbonyl (C=O) groups is 1. The maximum atomic E-state index is 12.4. The third-order valence-electron chi connectivity index (χ3n) is 5.43. The van der Waals surface area contributed by atoms with Crippen molar-refractivity contribution >= 4 is 5.91 Å². The topological polar surface area (TPSA) is 41.6 Å². The molecule has 1 aliphatic heterocycles. The van der Waals surface area contributed by atoms with E-state index in [1.165, 1.54) is 42.4 Å². The Morgan fingerprint density at radius 2 is 1.50 bits per heavy atom. The number of hydrogen-bond acceptors (Lipinski definition) is 3. The number of benzene rings is 2. The van der Waals surface area contributed by atoms with Gasteiger partial charge in [0.2, 0.25) is 0 Å². The van der Waals surface area contributed by atoms with Gasteiger partial charge in [-0.05, 0) is 57.5 Å². The first-order chi connectivity index (χ1) is 13.6. The van der Waals surface area contributed by atoms with E-state index in [0.717, 1.165) is 18.8 Å². The lowest BCUT2D eigenvalue weighted by Crippen LogP contribution is -2.40. The van der Waals surface area contributed by atoms with Gasteiger partial charge in [-0.2, -0.15) is 0 Å². The molecule has 0 radical (unpaired) electrons. The van der Waals surface area contributed by atoms with Crippen molar-refractivity contribution in [3.63, 3.8) is 0 Å². The summed E-state index contributed by atoms with van der Waals surface area (Å²) >= 11 is 0. The van der Waals surface area contributed by atoms with Gasteiger partial charge in [0, 0.05) is 6.54 Å². The van der Waals surface area contributed by atoms with Crippen LogP contribution in [-0.4, -0.2) is 37.0 Å².